The number of hydrogen-bond donors (Lipinski definition) is 0. The molecular formula is C13H23NO3. The Bertz CT molecular complexity index is 265. The zero-order valence-electron chi connectivity index (χ0n) is 10.9. The molecule has 1 aliphatic rings. The summed E-state index contributed by atoms with van der Waals surface area (Å²) in [7, 11) is 0. The monoisotopic (exact) mass is 241 g/mol. The summed E-state index contributed by atoms with van der Waals surface area (Å²) in [6.07, 6.45) is 5.31. The quantitative estimate of drug-likeness (QED) is 0.528. The van der Waals surface area contributed by atoms with E-state index in [1.54, 1.807) is 11.8 Å². The first-order chi connectivity index (χ1) is 8.20. The van der Waals surface area contributed by atoms with Crippen molar-refractivity contribution < 1.29 is 14.3 Å². The molecule has 0 aromatic carbocycles. The van der Waals surface area contributed by atoms with Crippen molar-refractivity contribution in [3.63, 3.8) is 0 Å². The minimum atomic E-state index is -0.330. The fourth-order valence-electron chi connectivity index (χ4n) is 2.22. The van der Waals surface area contributed by atoms with Gasteiger partial charge in [-0.3, -0.25) is 4.79 Å². The molecule has 1 amide bonds. The highest BCUT2D eigenvalue weighted by molar-refractivity contribution is 5.85. The number of unbranched alkanes of at least 4 members (excludes halogenated alkanes) is 2. The summed E-state index contributed by atoms with van der Waals surface area (Å²) in [5.74, 6) is -0.136. The standard InChI is InChI=1S/C13H23NO3/c1-3-5-6-9-12(15)14-10-7-8-11(14)13(16)17-4-2/h11H,3-10H2,1-2H3/t11-/m0/s1. The van der Waals surface area contributed by atoms with Gasteiger partial charge in [0.25, 0.3) is 0 Å². The first kappa shape index (κ1) is 14.0. The molecule has 0 N–H and O–H groups in total. The molecule has 0 unspecified atom stereocenters. The molecule has 0 radical (unpaired) electrons. The lowest BCUT2D eigenvalue weighted by atomic mass is 10.1. The summed E-state index contributed by atoms with van der Waals surface area (Å²) in [4.78, 5) is 25.3. The van der Waals surface area contributed by atoms with E-state index in [2.05, 4.69) is 6.92 Å². The van der Waals surface area contributed by atoms with Gasteiger partial charge in [0.1, 0.15) is 6.04 Å². The Morgan fingerprint density at radius 1 is 1.29 bits per heavy atom. The zero-order chi connectivity index (χ0) is 12.7. The molecule has 1 rings (SSSR count). The van der Waals surface area contributed by atoms with Crippen LogP contribution in [-0.2, 0) is 14.3 Å². The predicted octanol–water partition coefficient (Wildman–Crippen LogP) is 2.12. The highest BCUT2D eigenvalue weighted by Gasteiger charge is 2.34. The third-order valence-corrected chi connectivity index (χ3v) is 3.13. The molecule has 0 aliphatic carbocycles. The van der Waals surface area contributed by atoms with Crippen LogP contribution in [0.3, 0.4) is 0 Å². The van der Waals surface area contributed by atoms with E-state index >= 15 is 0 Å². The first-order valence-electron chi connectivity index (χ1n) is 6.66. The van der Waals surface area contributed by atoms with Gasteiger partial charge in [0.2, 0.25) is 5.91 Å². The number of amides is 1. The van der Waals surface area contributed by atoms with E-state index in [1.165, 1.54) is 0 Å². The maximum atomic E-state index is 12.0. The molecule has 1 heterocycles. The van der Waals surface area contributed by atoms with Gasteiger partial charge in [0.05, 0.1) is 6.61 Å². The van der Waals surface area contributed by atoms with Crippen LogP contribution < -0.4 is 0 Å². The fourth-order valence-corrected chi connectivity index (χ4v) is 2.22. The van der Waals surface area contributed by atoms with Gasteiger partial charge in [-0.05, 0) is 26.2 Å². The normalized spacial score (nSPS) is 19.4. The average Bonchev–Trinajstić information content (AvgIpc) is 2.78. The fraction of sp³-hybridized carbons (Fsp3) is 0.846. The number of esters is 1. The molecule has 98 valence electrons. The lowest BCUT2D eigenvalue weighted by Crippen LogP contribution is -2.41. The van der Waals surface area contributed by atoms with Gasteiger partial charge >= 0.3 is 5.97 Å². The Labute approximate surface area is 103 Å². The van der Waals surface area contributed by atoms with Gasteiger partial charge < -0.3 is 9.64 Å². The Morgan fingerprint density at radius 2 is 2.06 bits per heavy atom. The van der Waals surface area contributed by atoms with Crippen molar-refractivity contribution in [2.45, 2.75) is 58.4 Å². The van der Waals surface area contributed by atoms with Crippen LogP contribution in [0.25, 0.3) is 0 Å². The Balaban J connectivity index is 2.44. The lowest BCUT2D eigenvalue weighted by molar-refractivity contribution is -0.153. The van der Waals surface area contributed by atoms with Crippen LogP contribution in [0.15, 0.2) is 0 Å². The minimum absolute atomic E-state index is 0.106. The summed E-state index contributed by atoms with van der Waals surface area (Å²) < 4.78 is 5.00. The van der Waals surface area contributed by atoms with Crippen LogP contribution >= 0.6 is 0 Å². The topological polar surface area (TPSA) is 46.6 Å². The van der Waals surface area contributed by atoms with Crippen molar-refractivity contribution in [1.82, 2.24) is 4.90 Å². The third kappa shape index (κ3) is 4.02. The maximum Gasteiger partial charge on any atom is 0.328 e. The molecule has 17 heavy (non-hydrogen) atoms. The summed E-state index contributed by atoms with van der Waals surface area (Å²) in [6.45, 7) is 4.99. The van der Waals surface area contributed by atoms with E-state index in [1.807, 2.05) is 0 Å². The van der Waals surface area contributed by atoms with E-state index < -0.39 is 0 Å². The van der Waals surface area contributed by atoms with Gasteiger partial charge in [-0.1, -0.05) is 19.8 Å². The van der Waals surface area contributed by atoms with E-state index in [4.69, 9.17) is 4.74 Å². The van der Waals surface area contributed by atoms with Gasteiger partial charge in [-0.15, -0.1) is 0 Å². The molecule has 0 bridgehead atoms. The highest BCUT2D eigenvalue weighted by atomic mass is 16.5. The van der Waals surface area contributed by atoms with Crippen molar-refractivity contribution in [2.24, 2.45) is 0 Å². The SMILES string of the molecule is CCCCCC(=O)N1CCC[C@H]1C(=O)OCC. The average molecular weight is 241 g/mol. The van der Waals surface area contributed by atoms with Crippen LogP contribution in [0.4, 0.5) is 0 Å². The van der Waals surface area contributed by atoms with Crippen molar-refractivity contribution in [3.05, 3.63) is 0 Å². The third-order valence-electron chi connectivity index (χ3n) is 3.13. The minimum Gasteiger partial charge on any atom is -0.464 e. The second-order valence-electron chi connectivity index (χ2n) is 4.45. The summed E-state index contributed by atoms with van der Waals surface area (Å²) in [5.41, 5.74) is 0. The molecule has 4 heteroatoms. The second kappa shape index (κ2) is 7.30. The molecule has 0 aromatic rings. The van der Waals surface area contributed by atoms with Crippen molar-refractivity contribution >= 4 is 11.9 Å². The maximum absolute atomic E-state index is 12.0. The van der Waals surface area contributed by atoms with Gasteiger partial charge in [0, 0.05) is 13.0 Å². The summed E-state index contributed by atoms with van der Waals surface area (Å²) in [6, 6.07) is -0.330. The summed E-state index contributed by atoms with van der Waals surface area (Å²) in [5, 5.41) is 0. The van der Waals surface area contributed by atoms with Gasteiger partial charge in [0.15, 0.2) is 0 Å². The van der Waals surface area contributed by atoms with Crippen LogP contribution in [-0.4, -0.2) is 36.0 Å². The predicted molar refractivity (Wildman–Crippen MR) is 65.5 cm³/mol. The molecule has 1 fully saturated rings. The number of rotatable bonds is 6. The van der Waals surface area contributed by atoms with E-state index in [0.717, 1.165) is 32.1 Å². The van der Waals surface area contributed by atoms with E-state index in [0.29, 0.717) is 19.6 Å². The van der Waals surface area contributed by atoms with Crippen molar-refractivity contribution in [3.8, 4) is 0 Å². The molecule has 0 aromatic heterocycles. The lowest BCUT2D eigenvalue weighted by Gasteiger charge is -2.23. The second-order valence-corrected chi connectivity index (χ2v) is 4.45. The molecular weight excluding hydrogens is 218 g/mol. The van der Waals surface area contributed by atoms with E-state index in [9.17, 15) is 9.59 Å². The van der Waals surface area contributed by atoms with Crippen LogP contribution in [0, 0.1) is 0 Å². The molecule has 0 saturated carbocycles. The molecule has 1 saturated heterocycles. The van der Waals surface area contributed by atoms with Crippen LogP contribution in [0.1, 0.15) is 52.4 Å². The number of hydrogen-bond acceptors (Lipinski definition) is 3. The summed E-state index contributed by atoms with van der Waals surface area (Å²) >= 11 is 0. The Morgan fingerprint density at radius 3 is 2.71 bits per heavy atom. The Kier molecular flexibility index (Phi) is 6.01. The first-order valence-corrected chi connectivity index (χ1v) is 6.66. The largest absolute Gasteiger partial charge is 0.464 e. The number of carbonyl (C=O) groups is 2. The van der Waals surface area contributed by atoms with Crippen molar-refractivity contribution in [2.75, 3.05) is 13.2 Å². The molecule has 0 spiro atoms. The van der Waals surface area contributed by atoms with Crippen LogP contribution in [0.5, 0.6) is 0 Å². The van der Waals surface area contributed by atoms with Gasteiger partial charge in [-0.2, -0.15) is 0 Å². The number of nitrogens with zero attached hydrogens (tertiary/aromatic N) is 1. The Hall–Kier alpha value is -1.06. The van der Waals surface area contributed by atoms with Gasteiger partial charge in [-0.25, -0.2) is 4.79 Å². The molecule has 4 nitrogen and oxygen atoms in total. The van der Waals surface area contributed by atoms with Crippen LogP contribution in [0.2, 0.25) is 0 Å². The zero-order valence-corrected chi connectivity index (χ0v) is 10.9. The van der Waals surface area contributed by atoms with E-state index in [-0.39, 0.29) is 17.9 Å². The number of ether oxygens (including phenoxy) is 1. The number of likely N-dealkylation sites (tertiary alicyclic amines) is 1. The molecule has 1 atom stereocenters. The molecule has 1 aliphatic heterocycles. The smallest absolute Gasteiger partial charge is 0.328 e. The highest BCUT2D eigenvalue weighted by Crippen LogP contribution is 2.20. The number of carbonyl (C=O) groups excluding carboxylic acids is 2. The van der Waals surface area contributed by atoms with Crippen molar-refractivity contribution in [1.29, 1.82) is 0 Å².